The molecular formula is C52H38N4S. The summed E-state index contributed by atoms with van der Waals surface area (Å²) in [5.41, 5.74) is 7.86. The van der Waals surface area contributed by atoms with Crippen LogP contribution in [0.1, 0.15) is 35.4 Å². The van der Waals surface area contributed by atoms with Crippen LogP contribution in [0.15, 0.2) is 176 Å². The second-order valence-corrected chi connectivity index (χ2v) is 16.3. The predicted octanol–water partition coefficient (Wildman–Crippen LogP) is 12.7. The van der Waals surface area contributed by atoms with Crippen molar-refractivity contribution in [2.75, 3.05) is 0 Å². The van der Waals surface area contributed by atoms with Gasteiger partial charge in [0, 0.05) is 26.1 Å². The van der Waals surface area contributed by atoms with E-state index in [1.165, 1.54) is 74.9 Å². The minimum atomic E-state index is -0.147. The summed E-state index contributed by atoms with van der Waals surface area (Å²) >= 11 is 1.78. The molecule has 0 amide bonds. The summed E-state index contributed by atoms with van der Waals surface area (Å²) in [6.45, 7) is 0. The maximum Gasteiger partial charge on any atom is 0.0991 e. The topological polar surface area (TPSA) is 59.9 Å². The van der Waals surface area contributed by atoms with Crippen LogP contribution < -0.4 is 16.0 Å². The minimum Gasteiger partial charge on any atom is -0.282 e. The first-order chi connectivity index (χ1) is 28.2. The summed E-state index contributed by atoms with van der Waals surface area (Å²) < 4.78 is 2.42. The fourth-order valence-electron chi connectivity index (χ4n) is 9.11. The van der Waals surface area contributed by atoms with Gasteiger partial charge in [-0.25, -0.2) is 0 Å². The Hall–Kier alpha value is -6.39. The lowest BCUT2D eigenvalue weighted by Gasteiger charge is -2.42. The van der Waals surface area contributed by atoms with E-state index in [1.807, 2.05) is 12.1 Å². The zero-order valence-electron chi connectivity index (χ0n) is 31.1. The standard InChI is InChI=1S/C52H38N4S/c53-31-32-19-25-47-44(27-32)45-28-37(24-26-48(45)57-47)43-29-38(30-46-41-17-8-7-15-39(41)40-16-9-10-18-42(40)49(43)46)52-55-50(35-13-5-2-6-14-35)54-51(56-52)36-22-20-34(21-23-36)33-11-3-1-4-12-33/h1-13,15-30,35,50-52,54-56H,14H2. The van der Waals surface area contributed by atoms with E-state index in [0.29, 0.717) is 11.5 Å². The van der Waals surface area contributed by atoms with Gasteiger partial charge in [0.25, 0.3) is 0 Å². The number of nitrogens with one attached hydrogen (secondary N) is 3. The highest BCUT2D eigenvalue weighted by Crippen LogP contribution is 2.44. The maximum absolute atomic E-state index is 9.78. The molecule has 0 bridgehead atoms. The van der Waals surface area contributed by atoms with Crippen molar-refractivity contribution in [2.24, 2.45) is 5.92 Å². The molecule has 272 valence electrons. The van der Waals surface area contributed by atoms with Gasteiger partial charge in [-0.3, -0.25) is 16.0 Å². The summed E-state index contributed by atoms with van der Waals surface area (Å²) in [6, 6.07) is 57.4. The summed E-state index contributed by atoms with van der Waals surface area (Å²) in [5, 5.41) is 31.6. The fraction of sp³-hybridized carbons (Fsp3) is 0.0962. The lowest BCUT2D eigenvalue weighted by atomic mass is 9.87. The molecular weight excluding hydrogens is 713 g/mol. The van der Waals surface area contributed by atoms with Crippen LogP contribution in [0.5, 0.6) is 0 Å². The van der Waals surface area contributed by atoms with Gasteiger partial charge in [0.15, 0.2) is 0 Å². The van der Waals surface area contributed by atoms with Gasteiger partial charge in [-0.2, -0.15) is 5.26 Å². The summed E-state index contributed by atoms with van der Waals surface area (Å²) in [6.07, 6.45) is 9.69. The molecule has 8 aromatic carbocycles. The molecule has 1 aliphatic carbocycles. The van der Waals surface area contributed by atoms with E-state index >= 15 is 0 Å². The SMILES string of the molecule is N#Cc1ccc2sc3ccc(-c4cc(C5NC(c6ccc(-c7ccccc7)cc6)NC(C6C=CC=CC6)N5)cc5c6ccccc6c6ccccc6c45)cc3c2c1. The van der Waals surface area contributed by atoms with Crippen LogP contribution in [0.3, 0.4) is 0 Å². The summed E-state index contributed by atoms with van der Waals surface area (Å²) in [4.78, 5) is 0. The quantitative estimate of drug-likeness (QED) is 0.153. The van der Waals surface area contributed by atoms with Gasteiger partial charge < -0.3 is 0 Å². The molecule has 1 aromatic heterocycles. The lowest BCUT2D eigenvalue weighted by Crippen LogP contribution is -2.61. The minimum absolute atomic E-state index is 0.0339. The zero-order valence-corrected chi connectivity index (χ0v) is 31.9. The Balaban J connectivity index is 1.11. The molecule has 0 radical (unpaired) electrons. The number of rotatable bonds is 5. The van der Waals surface area contributed by atoms with E-state index in [0.717, 1.165) is 17.4 Å². The molecule has 0 spiro atoms. The molecule has 1 fully saturated rings. The molecule has 2 aliphatic rings. The van der Waals surface area contributed by atoms with Crippen molar-refractivity contribution < 1.29 is 0 Å². The van der Waals surface area contributed by atoms with Crippen LogP contribution in [0.2, 0.25) is 0 Å². The average molecular weight is 751 g/mol. The molecule has 5 heteroatoms. The van der Waals surface area contributed by atoms with Gasteiger partial charge in [0.2, 0.25) is 0 Å². The largest absolute Gasteiger partial charge is 0.282 e. The molecule has 4 nitrogen and oxygen atoms in total. The molecule has 1 aliphatic heterocycles. The van der Waals surface area contributed by atoms with Crippen molar-refractivity contribution in [3.8, 4) is 28.3 Å². The van der Waals surface area contributed by atoms with E-state index in [4.69, 9.17) is 0 Å². The number of nitrogens with zero attached hydrogens (tertiary/aromatic N) is 1. The zero-order chi connectivity index (χ0) is 37.9. The molecule has 3 N–H and O–H groups in total. The number of thiophene rings is 1. The Bertz CT molecular complexity index is 3120. The van der Waals surface area contributed by atoms with Gasteiger partial charge in [-0.15, -0.1) is 11.3 Å². The average Bonchev–Trinajstić information content (AvgIpc) is 3.66. The highest BCUT2D eigenvalue weighted by atomic mass is 32.1. The lowest BCUT2D eigenvalue weighted by molar-refractivity contribution is 0.170. The van der Waals surface area contributed by atoms with Crippen LogP contribution in [-0.2, 0) is 0 Å². The number of hydrogen-bond acceptors (Lipinski definition) is 5. The molecule has 2 heterocycles. The number of fused-ring (bicyclic) bond motifs is 9. The molecule has 9 aromatic rings. The number of nitriles is 1. The normalized spacial score (nSPS) is 19.5. The van der Waals surface area contributed by atoms with Crippen molar-refractivity contribution >= 4 is 63.8 Å². The third-order valence-electron chi connectivity index (χ3n) is 11.9. The van der Waals surface area contributed by atoms with Crippen LogP contribution in [-0.4, -0.2) is 6.17 Å². The van der Waals surface area contributed by atoms with Crippen LogP contribution >= 0.6 is 11.3 Å². The summed E-state index contributed by atoms with van der Waals surface area (Å²) in [5.74, 6) is 0.294. The van der Waals surface area contributed by atoms with Gasteiger partial charge in [-0.05, 0) is 115 Å². The smallest absolute Gasteiger partial charge is 0.0991 e. The van der Waals surface area contributed by atoms with Crippen molar-refractivity contribution in [3.05, 3.63) is 193 Å². The molecule has 4 atom stereocenters. The van der Waals surface area contributed by atoms with E-state index < -0.39 is 0 Å². The molecule has 11 rings (SSSR count). The second-order valence-electron chi connectivity index (χ2n) is 15.3. The number of hydrogen-bond donors (Lipinski definition) is 3. The van der Waals surface area contributed by atoms with Crippen LogP contribution in [0, 0.1) is 17.2 Å². The van der Waals surface area contributed by atoms with E-state index in [-0.39, 0.29) is 18.5 Å². The fourth-order valence-corrected chi connectivity index (χ4v) is 10.2. The summed E-state index contributed by atoms with van der Waals surface area (Å²) in [7, 11) is 0. The first-order valence-electron chi connectivity index (χ1n) is 19.7. The Kier molecular flexibility index (Phi) is 8.31. The third-order valence-corrected chi connectivity index (χ3v) is 13.1. The first kappa shape index (κ1) is 33.9. The van der Waals surface area contributed by atoms with Gasteiger partial charge in [-0.1, -0.05) is 133 Å². The van der Waals surface area contributed by atoms with Crippen molar-refractivity contribution in [1.82, 2.24) is 16.0 Å². The molecule has 4 unspecified atom stereocenters. The predicted molar refractivity (Wildman–Crippen MR) is 239 cm³/mol. The van der Waals surface area contributed by atoms with Crippen LogP contribution in [0.25, 0.3) is 74.7 Å². The molecule has 0 saturated carbocycles. The van der Waals surface area contributed by atoms with Gasteiger partial charge in [0.05, 0.1) is 30.1 Å². The van der Waals surface area contributed by atoms with Gasteiger partial charge >= 0.3 is 0 Å². The Morgan fingerprint density at radius 2 is 1.14 bits per heavy atom. The van der Waals surface area contributed by atoms with Gasteiger partial charge in [0.1, 0.15) is 0 Å². The first-order valence-corrected chi connectivity index (χ1v) is 20.5. The highest BCUT2D eigenvalue weighted by Gasteiger charge is 2.33. The van der Waals surface area contributed by atoms with Crippen LogP contribution in [0.4, 0.5) is 0 Å². The monoisotopic (exact) mass is 750 g/mol. The van der Waals surface area contributed by atoms with Crippen molar-refractivity contribution in [2.45, 2.75) is 24.9 Å². The maximum atomic E-state index is 9.78. The number of benzene rings is 8. The molecule has 1 saturated heterocycles. The Morgan fingerprint density at radius 1 is 0.509 bits per heavy atom. The van der Waals surface area contributed by atoms with Crippen molar-refractivity contribution in [3.63, 3.8) is 0 Å². The van der Waals surface area contributed by atoms with Crippen molar-refractivity contribution in [1.29, 1.82) is 5.26 Å². The van der Waals surface area contributed by atoms with E-state index in [2.05, 4.69) is 186 Å². The number of allylic oxidation sites excluding steroid dienone is 3. The van der Waals surface area contributed by atoms with E-state index in [9.17, 15) is 5.26 Å². The Morgan fingerprint density at radius 3 is 1.88 bits per heavy atom. The highest BCUT2D eigenvalue weighted by molar-refractivity contribution is 7.25. The van der Waals surface area contributed by atoms with E-state index in [1.54, 1.807) is 11.3 Å². The second kappa shape index (κ2) is 14.0. The Labute approximate surface area is 335 Å². The molecule has 57 heavy (non-hydrogen) atoms. The third kappa shape index (κ3) is 5.94.